The second kappa shape index (κ2) is 10.0. The second-order valence-electron chi connectivity index (χ2n) is 8.68. The molecule has 0 aliphatic carbocycles. The predicted molar refractivity (Wildman–Crippen MR) is 122 cm³/mol. The number of aromatic amines is 1. The van der Waals surface area contributed by atoms with Crippen LogP contribution in [0.1, 0.15) is 36.3 Å². The van der Waals surface area contributed by atoms with Crippen molar-refractivity contribution in [2.24, 2.45) is 5.92 Å². The summed E-state index contributed by atoms with van der Waals surface area (Å²) in [6, 6.07) is 3.92. The molecule has 0 bridgehead atoms. The van der Waals surface area contributed by atoms with E-state index in [1.165, 1.54) is 0 Å². The first kappa shape index (κ1) is 23.4. The van der Waals surface area contributed by atoms with E-state index in [-0.39, 0.29) is 17.6 Å². The number of aromatic nitrogens is 6. The Bertz CT molecular complexity index is 1060. The van der Waals surface area contributed by atoms with Crippen LogP contribution in [-0.4, -0.2) is 68.0 Å². The van der Waals surface area contributed by atoms with Gasteiger partial charge in [0.05, 0.1) is 17.8 Å². The molecule has 0 spiro atoms. The van der Waals surface area contributed by atoms with Crippen LogP contribution in [0.5, 0.6) is 5.75 Å². The molecular formula is C21H28F2N8OS. The van der Waals surface area contributed by atoms with Crippen molar-refractivity contribution in [1.82, 2.24) is 35.7 Å². The molecule has 1 fully saturated rings. The van der Waals surface area contributed by atoms with Gasteiger partial charge in [0.2, 0.25) is 5.82 Å². The number of rotatable bonds is 8. The van der Waals surface area contributed by atoms with Gasteiger partial charge in [-0.3, -0.25) is 4.90 Å². The van der Waals surface area contributed by atoms with Crippen LogP contribution in [0.2, 0.25) is 0 Å². The third-order valence-corrected chi connectivity index (χ3v) is 6.41. The molecule has 1 aliphatic rings. The second-order valence-corrected chi connectivity index (χ2v) is 9.95. The van der Waals surface area contributed by atoms with Crippen LogP contribution in [0.3, 0.4) is 0 Å². The third kappa shape index (κ3) is 5.61. The van der Waals surface area contributed by atoms with Crippen molar-refractivity contribution in [3.05, 3.63) is 27.7 Å². The standard InChI is InChI=1S/C21H28F2N8OS/c1-12(2)7-15-8-16(19(20-26-28-29-27-20)17(9-15)32-21(22)23)31-6-5-30(13(3)10-31)11-18-25-24-14(4)33-18/h8-9,12-13,21H,5-7,10-11H2,1-4H3,(H,26,27,28,29)/t13-/m0/s1. The number of nitrogens with zero attached hydrogens (tertiary/aromatic N) is 7. The molecule has 1 N–H and O–H groups in total. The molecule has 0 radical (unpaired) electrons. The molecule has 2 aromatic heterocycles. The van der Waals surface area contributed by atoms with Gasteiger partial charge in [0, 0.05) is 25.7 Å². The van der Waals surface area contributed by atoms with Gasteiger partial charge in [-0.1, -0.05) is 13.8 Å². The van der Waals surface area contributed by atoms with Gasteiger partial charge in [0.15, 0.2) is 0 Å². The van der Waals surface area contributed by atoms with Gasteiger partial charge in [-0.05, 0) is 49.1 Å². The van der Waals surface area contributed by atoms with Gasteiger partial charge in [0.25, 0.3) is 0 Å². The molecular weight excluding hydrogens is 450 g/mol. The molecule has 1 atom stereocenters. The average molecular weight is 479 g/mol. The first-order valence-corrected chi connectivity index (χ1v) is 11.7. The lowest BCUT2D eigenvalue weighted by Gasteiger charge is -2.41. The van der Waals surface area contributed by atoms with E-state index in [1.54, 1.807) is 17.4 Å². The smallest absolute Gasteiger partial charge is 0.387 e. The van der Waals surface area contributed by atoms with Gasteiger partial charge < -0.3 is 9.64 Å². The maximum absolute atomic E-state index is 13.3. The quantitative estimate of drug-likeness (QED) is 0.525. The molecule has 178 valence electrons. The third-order valence-electron chi connectivity index (χ3n) is 5.58. The zero-order chi connectivity index (χ0) is 23.5. The molecule has 0 amide bonds. The first-order valence-electron chi connectivity index (χ1n) is 10.9. The summed E-state index contributed by atoms with van der Waals surface area (Å²) in [4.78, 5) is 4.55. The van der Waals surface area contributed by atoms with Gasteiger partial charge in [-0.25, -0.2) is 0 Å². The minimum absolute atomic E-state index is 0.0685. The molecule has 1 aromatic carbocycles. The Morgan fingerprint density at radius 2 is 2.03 bits per heavy atom. The SMILES string of the molecule is Cc1nnc(CN2CCN(c3cc(CC(C)C)cc(OC(F)F)c3-c3nn[nH]n3)C[C@@H]2C)s1. The summed E-state index contributed by atoms with van der Waals surface area (Å²) < 4.78 is 31.6. The summed E-state index contributed by atoms with van der Waals surface area (Å²) in [5, 5.41) is 24.5. The number of anilines is 1. The first-order chi connectivity index (χ1) is 15.8. The number of halogens is 2. The van der Waals surface area contributed by atoms with Gasteiger partial charge in [-0.15, -0.1) is 31.7 Å². The van der Waals surface area contributed by atoms with E-state index < -0.39 is 6.61 Å². The predicted octanol–water partition coefficient (Wildman–Crippen LogP) is 3.54. The number of aryl methyl sites for hydroxylation is 1. The molecule has 3 heterocycles. The molecule has 1 aliphatic heterocycles. The Morgan fingerprint density at radius 3 is 2.64 bits per heavy atom. The van der Waals surface area contributed by atoms with Crippen molar-refractivity contribution in [3.63, 3.8) is 0 Å². The number of ether oxygens (including phenoxy) is 1. The number of alkyl halides is 2. The van der Waals surface area contributed by atoms with E-state index in [1.807, 2.05) is 13.0 Å². The maximum atomic E-state index is 13.3. The number of hydrogen-bond donors (Lipinski definition) is 1. The van der Waals surface area contributed by atoms with Crippen molar-refractivity contribution in [3.8, 4) is 17.1 Å². The van der Waals surface area contributed by atoms with E-state index in [4.69, 9.17) is 4.74 Å². The summed E-state index contributed by atoms with van der Waals surface area (Å²) in [6.45, 7) is 8.30. The van der Waals surface area contributed by atoms with Crippen molar-refractivity contribution < 1.29 is 13.5 Å². The summed E-state index contributed by atoms with van der Waals surface area (Å²) >= 11 is 1.60. The Labute approximate surface area is 195 Å². The molecule has 0 saturated carbocycles. The van der Waals surface area contributed by atoms with E-state index in [0.29, 0.717) is 24.6 Å². The highest BCUT2D eigenvalue weighted by molar-refractivity contribution is 7.11. The highest BCUT2D eigenvalue weighted by Gasteiger charge is 2.29. The van der Waals surface area contributed by atoms with E-state index in [0.717, 1.165) is 40.8 Å². The van der Waals surface area contributed by atoms with Crippen LogP contribution < -0.4 is 9.64 Å². The number of H-pyrrole nitrogens is 1. The number of benzene rings is 1. The minimum atomic E-state index is -2.95. The Morgan fingerprint density at radius 1 is 1.21 bits per heavy atom. The Kier molecular flexibility index (Phi) is 7.13. The lowest BCUT2D eigenvalue weighted by atomic mass is 9.98. The van der Waals surface area contributed by atoms with Gasteiger partial charge in [0.1, 0.15) is 15.8 Å². The number of tetrazole rings is 1. The van der Waals surface area contributed by atoms with E-state index in [9.17, 15) is 8.78 Å². The normalized spacial score (nSPS) is 17.3. The fourth-order valence-corrected chi connectivity index (χ4v) is 4.94. The maximum Gasteiger partial charge on any atom is 0.387 e. The van der Waals surface area contributed by atoms with Crippen LogP contribution in [0.25, 0.3) is 11.4 Å². The Hall–Kier alpha value is -2.73. The molecule has 33 heavy (non-hydrogen) atoms. The molecule has 12 heteroatoms. The summed E-state index contributed by atoms with van der Waals surface area (Å²) in [7, 11) is 0. The highest BCUT2D eigenvalue weighted by atomic mass is 32.1. The van der Waals surface area contributed by atoms with Crippen molar-refractivity contribution >= 4 is 17.0 Å². The zero-order valence-corrected chi connectivity index (χ0v) is 19.9. The summed E-state index contributed by atoms with van der Waals surface area (Å²) in [6.07, 6.45) is 0.741. The molecule has 3 aromatic rings. The summed E-state index contributed by atoms with van der Waals surface area (Å²) in [5.74, 6) is 0.662. The topological polar surface area (TPSA) is 96.0 Å². The minimum Gasteiger partial charge on any atom is -0.434 e. The molecule has 0 unspecified atom stereocenters. The van der Waals surface area contributed by atoms with Gasteiger partial charge >= 0.3 is 6.61 Å². The van der Waals surface area contributed by atoms with Crippen LogP contribution in [-0.2, 0) is 13.0 Å². The van der Waals surface area contributed by atoms with Crippen molar-refractivity contribution in [2.45, 2.75) is 53.3 Å². The van der Waals surface area contributed by atoms with Crippen LogP contribution in [0.4, 0.5) is 14.5 Å². The molecule has 4 rings (SSSR count). The van der Waals surface area contributed by atoms with Crippen LogP contribution in [0, 0.1) is 12.8 Å². The zero-order valence-electron chi connectivity index (χ0n) is 19.1. The largest absolute Gasteiger partial charge is 0.434 e. The monoisotopic (exact) mass is 478 g/mol. The Balaban J connectivity index is 1.66. The lowest BCUT2D eigenvalue weighted by molar-refractivity contribution is -0.0494. The average Bonchev–Trinajstić information content (AvgIpc) is 3.40. The number of piperazine rings is 1. The van der Waals surface area contributed by atoms with Crippen LogP contribution in [0.15, 0.2) is 12.1 Å². The fourth-order valence-electron chi connectivity index (χ4n) is 4.20. The lowest BCUT2D eigenvalue weighted by Crippen LogP contribution is -2.51. The van der Waals surface area contributed by atoms with Crippen molar-refractivity contribution in [2.75, 3.05) is 24.5 Å². The molecule has 9 nitrogen and oxygen atoms in total. The fraction of sp³-hybridized carbons (Fsp3) is 0.571. The van der Waals surface area contributed by atoms with E-state index >= 15 is 0 Å². The van der Waals surface area contributed by atoms with Crippen LogP contribution >= 0.6 is 11.3 Å². The van der Waals surface area contributed by atoms with Crippen molar-refractivity contribution in [1.29, 1.82) is 0 Å². The number of nitrogens with one attached hydrogen (secondary N) is 1. The molecule has 1 saturated heterocycles. The highest BCUT2D eigenvalue weighted by Crippen LogP contribution is 2.40. The number of hydrogen-bond acceptors (Lipinski definition) is 9. The van der Waals surface area contributed by atoms with E-state index in [2.05, 4.69) is 61.4 Å². The van der Waals surface area contributed by atoms with Gasteiger partial charge in [-0.2, -0.15) is 14.0 Å². The summed E-state index contributed by atoms with van der Waals surface area (Å²) in [5.41, 5.74) is 2.14.